The molecule has 0 unspecified atom stereocenters. The maximum atomic E-state index is 12.7. The summed E-state index contributed by atoms with van der Waals surface area (Å²) in [6.07, 6.45) is 0. The standard InChI is InChI=1S/C20H21F2N5O2S/c21-20(22)30(28,29)15-7-5-14(6-8-15)27-11-9-26(10-12-27)13-18-24-17-4-2-1-3-16(17)19(23)25-18/h1-8,20H,9-13H2,(H2,23,24,25). The van der Waals surface area contributed by atoms with Crippen LogP contribution in [0.25, 0.3) is 10.9 Å². The first-order valence-electron chi connectivity index (χ1n) is 9.45. The van der Waals surface area contributed by atoms with Crippen molar-refractivity contribution in [2.75, 3.05) is 36.8 Å². The van der Waals surface area contributed by atoms with Crippen LogP contribution in [-0.4, -0.2) is 55.2 Å². The number of fused-ring (bicyclic) bond motifs is 1. The molecule has 0 radical (unpaired) electrons. The van der Waals surface area contributed by atoms with Crippen molar-refractivity contribution in [1.29, 1.82) is 0 Å². The van der Waals surface area contributed by atoms with E-state index in [4.69, 9.17) is 5.73 Å². The molecule has 1 fully saturated rings. The zero-order valence-electron chi connectivity index (χ0n) is 16.1. The second kappa shape index (κ2) is 8.11. The molecule has 1 aliphatic rings. The molecule has 3 aromatic rings. The highest BCUT2D eigenvalue weighted by Gasteiger charge is 2.27. The molecule has 4 rings (SSSR count). The number of rotatable bonds is 5. The van der Waals surface area contributed by atoms with E-state index < -0.39 is 15.6 Å². The van der Waals surface area contributed by atoms with Gasteiger partial charge < -0.3 is 10.6 Å². The number of anilines is 2. The summed E-state index contributed by atoms with van der Waals surface area (Å²) in [5.41, 5.74) is 7.67. The van der Waals surface area contributed by atoms with E-state index in [0.717, 1.165) is 29.7 Å². The van der Waals surface area contributed by atoms with Gasteiger partial charge in [-0.1, -0.05) is 12.1 Å². The van der Waals surface area contributed by atoms with Crippen molar-refractivity contribution >= 4 is 32.2 Å². The Labute approximate surface area is 173 Å². The minimum atomic E-state index is -4.57. The minimum Gasteiger partial charge on any atom is -0.383 e. The second-order valence-electron chi connectivity index (χ2n) is 7.10. The fourth-order valence-corrected chi connectivity index (χ4v) is 4.26. The van der Waals surface area contributed by atoms with Crippen LogP contribution in [0, 0.1) is 0 Å². The normalized spacial score (nSPS) is 15.8. The van der Waals surface area contributed by atoms with Gasteiger partial charge in [0.25, 0.3) is 0 Å². The number of aromatic nitrogens is 2. The van der Waals surface area contributed by atoms with Gasteiger partial charge in [0.1, 0.15) is 11.6 Å². The van der Waals surface area contributed by atoms with Crippen molar-refractivity contribution in [3.63, 3.8) is 0 Å². The van der Waals surface area contributed by atoms with Crippen molar-refractivity contribution in [1.82, 2.24) is 14.9 Å². The van der Waals surface area contributed by atoms with E-state index in [1.54, 1.807) is 12.1 Å². The Balaban J connectivity index is 1.40. The molecule has 0 atom stereocenters. The van der Waals surface area contributed by atoms with Crippen molar-refractivity contribution in [3.05, 3.63) is 54.4 Å². The number of alkyl halides is 2. The van der Waals surface area contributed by atoms with Gasteiger partial charge in [-0.25, -0.2) is 18.4 Å². The highest BCUT2D eigenvalue weighted by molar-refractivity contribution is 7.91. The first-order valence-corrected chi connectivity index (χ1v) is 11.0. The highest BCUT2D eigenvalue weighted by atomic mass is 32.2. The topological polar surface area (TPSA) is 92.4 Å². The van der Waals surface area contributed by atoms with E-state index in [1.165, 1.54) is 12.1 Å². The monoisotopic (exact) mass is 433 g/mol. The van der Waals surface area contributed by atoms with Gasteiger partial charge >= 0.3 is 5.76 Å². The van der Waals surface area contributed by atoms with Gasteiger partial charge in [0.05, 0.1) is 17.0 Å². The fourth-order valence-electron chi connectivity index (χ4n) is 3.54. The summed E-state index contributed by atoms with van der Waals surface area (Å²) in [4.78, 5) is 12.9. The van der Waals surface area contributed by atoms with Crippen LogP contribution in [0.4, 0.5) is 20.3 Å². The first-order chi connectivity index (χ1) is 14.3. The number of nitrogens with zero attached hydrogens (tertiary/aromatic N) is 4. The Kier molecular flexibility index (Phi) is 5.52. The third-order valence-electron chi connectivity index (χ3n) is 5.18. The fraction of sp³-hybridized carbons (Fsp3) is 0.300. The summed E-state index contributed by atoms with van der Waals surface area (Å²) in [5.74, 6) is -2.28. The Morgan fingerprint density at radius 1 is 0.967 bits per heavy atom. The number of halogens is 2. The van der Waals surface area contributed by atoms with Crippen LogP contribution in [0.15, 0.2) is 53.4 Å². The summed E-state index contributed by atoms with van der Waals surface area (Å²) in [7, 11) is -4.57. The average molecular weight is 433 g/mol. The Morgan fingerprint density at radius 3 is 2.30 bits per heavy atom. The number of nitrogen functional groups attached to an aromatic ring is 1. The van der Waals surface area contributed by atoms with Crippen LogP contribution in [0.1, 0.15) is 5.82 Å². The molecule has 1 saturated heterocycles. The predicted octanol–water partition coefficient (Wildman–Crippen LogP) is 2.53. The molecule has 2 N–H and O–H groups in total. The lowest BCUT2D eigenvalue weighted by Crippen LogP contribution is -2.46. The number of hydrogen-bond acceptors (Lipinski definition) is 7. The lowest BCUT2D eigenvalue weighted by molar-refractivity contribution is 0.234. The van der Waals surface area contributed by atoms with E-state index in [0.29, 0.717) is 31.3 Å². The second-order valence-corrected chi connectivity index (χ2v) is 9.02. The van der Waals surface area contributed by atoms with E-state index >= 15 is 0 Å². The molecule has 2 aromatic carbocycles. The van der Waals surface area contributed by atoms with Gasteiger partial charge in [0.15, 0.2) is 0 Å². The highest BCUT2D eigenvalue weighted by Crippen LogP contribution is 2.23. The molecule has 0 saturated carbocycles. The summed E-state index contributed by atoms with van der Waals surface area (Å²) in [5, 5.41) is 0.836. The van der Waals surface area contributed by atoms with Gasteiger partial charge in [-0.15, -0.1) is 0 Å². The van der Waals surface area contributed by atoms with Gasteiger partial charge in [-0.2, -0.15) is 8.78 Å². The largest absolute Gasteiger partial charge is 0.383 e. The van der Waals surface area contributed by atoms with Crippen molar-refractivity contribution in [2.45, 2.75) is 17.2 Å². The molecule has 0 aliphatic carbocycles. The Morgan fingerprint density at radius 2 is 1.63 bits per heavy atom. The Bertz CT molecular complexity index is 1150. The molecule has 0 bridgehead atoms. The third-order valence-corrected chi connectivity index (χ3v) is 6.58. The minimum absolute atomic E-state index is 0.370. The van der Waals surface area contributed by atoms with Gasteiger partial charge in [-0.3, -0.25) is 4.90 Å². The quantitative estimate of drug-likeness (QED) is 0.661. The maximum absolute atomic E-state index is 12.7. The van der Waals surface area contributed by atoms with Gasteiger partial charge in [0.2, 0.25) is 9.84 Å². The number of hydrogen-bond donors (Lipinski definition) is 1. The number of nitrogens with two attached hydrogens (primary N) is 1. The molecule has 0 spiro atoms. The molecule has 7 nitrogen and oxygen atoms in total. The molecule has 0 amide bonds. The summed E-state index contributed by atoms with van der Waals surface area (Å²) < 4.78 is 48.4. The van der Waals surface area contributed by atoms with Crippen LogP contribution < -0.4 is 10.6 Å². The van der Waals surface area contributed by atoms with E-state index in [1.807, 2.05) is 24.3 Å². The zero-order valence-corrected chi connectivity index (χ0v) is 16.9. The summed E-state index contributed by atoms with van der Waals surface area (Å²) in [6.45, 7) is 3.52. The van der Waals surface area contributed by atoms with E-state index in [2.05, 4.69) is 19.8 Å². The molecule has 1 aromatic heterocycles. The molecule has 10 heteroatoms. The van der Waals surface area contributed by atoms with E-state index in [9.17, 15) is 17.2 Å². The van der Waals surface area contributed by atoms with Crippen LogP contribution in [0.2, 0.25) is 0 Å². The van der Waals surface area contributed by atoms with Crippen LogP contribution in [0.5, 0.6) is 0 Å². The van der Waals surface area contributed by atoms with Gasteiger partial charge in [0, 0.05) is 37.3 Å². The summed E-state index contributed by atoms with van der Waals surface area (Å²) >= 11 is 0. The van der Waals surface area contributed by atoms with Crippen LogP contribution in [0.3, 0.4) is 0 Å². The number of benzene rings is 2. The molecule has 1 aliphatic heterocycles. The summed E-state index contributed by atoms with van der Waals surface area (Å²) in [6, 6.07) is 13.2. The number of para-hydroxylation sites is 1. The van der Waals surface area contributed by atoms with Crippen molar-refractivity contribution < 1.29 is 17.2 Å². The number of piperazine rings is 1. The third kappa shape index (κ3) is 4.05. The molecule has 2 heterocycles. The van der Waals surface area contributed by atoms with Crippen molar-refractivity contribution in [2.24, 2.45) is 0 Å². The van der Waals surface area contributed by atoms with Gasteiger partial charge in [-0.05, 0) is 36.4 Å². The first kappa shape index (κ1) is 20.4. The zero-order chi connectivity index (χ0) is 21.3. The Hall–Kier alpha value is -2.85. The SMILES string of the molecule is Nc1nc(CN2CCN(c3ccc(S(=O)(=O)C(F)F)cc3)CC2)nc2ccccc12. The predicted molar refractivity (Wildman–Crippen MR) is 111 cm³/mol. The maximum Gasteiger partial charge on any atom is 0.341 e. The molecular formula is C20H21F2N5O2S. The lowest BCUT2D eigenvalue weighted by Gasteiger charge is -2.35. The molecule has 30 heavy (non-hydrogen) atoms. The van der Waals surface area contributed by atoms with E-state index in [-0.39, 0.29) is 4.90 Å². The van der Waals surface area contributed by atoms with Crippen molar-refractivity contribution in [3.8, 4) is 0 Å². The average Bonchev–Trinajstić information content (AvgIpc) is 2.74. The lowest BCUT2D eigenvalue weighted by atomic mass is 10.2. The van der Waals surface area contributed by atoms with Crippen LogP contribution in [-0.2, 0) is 16.4 Å². The van der Waals surface area contributed by atoms with Crippen LogP contribution >= 0.6 is 0 Å². The number of sulfone groups is 1. The molecule has 158 valence electrons. The molecular weight excluding hydrogens is 412 g/mol. The smallest absolute Gasteiger partial charge is 0.341 e.